The van der Waals surface area contributed by atoms with Gasteiger partial charge in [-0.1, -0.05) is 12.1 Å². The van der Waals surface area contributed by atoms with Crippen molar-refractivity contribution in [3.05, 3.63) is 68.2 Å². The maximum absolute atomic E-state index is 12.8. The Hall–Kier alpha value is -2.72. The van der Waals surface area contributed by atoms with E-state index in [2.05, 4.69) is 0 Å². The van der Waals surface area contributed by atoms with Crippen LogP contribution in [0.4, 0.5) is 4.39 Å². The molecule has 0 saturated carbocycles. The molecule has 0 aliphatic carbocycles. The summed E-state index contributed by atoms with van der Waals surface area (Å²) in [5.74, 6) is -0.453. The van der Waals surface area contributed by atoms with Crippen LogP contribution in [0.2, 0.25) is 0 Å². The minimum absolute atomic E-state index is 0.191. The number of aryl methyl sites for hydroxylation is 1. The summed E-state index contributed by atoms with van der Waals surface area (Å²) in [7, 11) is 1.41. The van der Waals surface area contributed by atoms with E-state index in [4.69, 9.17) is 5.26 Å². The van der Waals surface area contributed by atoms with E-state index in [1.165, 1.54) is 31.3 Å². The molecule has 1 heterocycles. The second kappa shape index (κ2) is 5.73. The van der Waals surface area contributed by atoms with Crippen molar-refractivity contribution in [2.24, 2.45) is 7.05 Å². The Morgan fingerprint density at radius 2 is 1.95 bits per heavy atom. The first-order valence-corrected chi connectivity index (χ1v) is 6.08. The van der Waals surface area contributed by atoms with Crippen molar-refractivity contribution in [1.29, 1.82) is 5.26 Å². The van der Waals surface area contributed by atoms with Gasteiger partial charge in [0, 0.05) is 13.2 Å². The number of nitrogens with zero attached hydrogens (tertiary/aromatic N) is 3. The van der Waals surface area contributed by atoms with Crippen LogP contribution in [0.25, 0.3) is 0 Å². The van der Waals surface area contributed by atoms with Crippen molar-refractivity contribution in [3.63, 3.8) is 0 Å². The normalized spacial score (nSPS) is 11.9. The van der Waals surface area contributed by atoms with Crippen LogP contribution in [-0.4, -0.2) is 14.2 Å². The molecule has 1 aromatic carbocycles. The number of benzene rings is 1. The number of aliphatic hydroxyl groups is 1. The van der Waals surface area contributed by atoms with Gasteiger partial charge in [-0.2, -0.15) is 5.26 Å². The molecule has 2 rings (SSSR count). The predicted molar refractivity (Wildman–Crippen MR) is 72.0 cm³/mol. The number of hydrogen-bond donors (Lipinski definition) is 1. The zero-order chi connectivity index (χ0) is 15.6. The molecule has 1 unspecified atom stereocenters. The van der Waals surface area contributed by atoms with E-state index < -0.39 is 23.2 Å². The monoisotopic (exact) mass is 289 g/mol. The second-order valence-electron chi connectivity index (χ2n) is 4.53. The van der Waals surface area contributed by atoms with E-state index >= 15 is 0 Å². The summed E-state index contributed by atoms with van der Waals surface area (Å²) in [5.41, 5.74) is -1.22. The molecule has 1 N–H and O–H groups in total. The van der Waals surface area contributed by atoms with Crippen LogP contribution < -0.4 is 11.2 Å². The summed E-state index contributed by atoms with van der Waals surface area (Å²) in [4.78, 5) is 23.9. The van der Waals surface area contributed by atoms with Crippen LogP contribution in [0.5, 0.6) is 0 Å². The van der Waals surface area contributed by atoms with Crippen LogP contribution in [0.1, 0.15) is 17.2 Å². The molecule has 0 bridgehead atoms. The van der Waals surface area contributed by atoms with E-state index in [1.807, 2.05) is 0 Å². The summed E-state index contributed by atoms with van der Waals surface area (Å²) >= 11 is 0. The van der Waals surface area contributed by atoms with Gasteiger partial charge >= 0.3 is 5.69 Å². The van der Waals surface area contributed by atoms with Crippen LogP contribution in [0.3, 0.4) is 0 Å². The molecule has 0 aliphatic heterocycles. The van der Waals surface area contributed by atoms with Crippen molar-refractivity contribution in [3.8, 4) is 6.07 Å². The van der Waals surface area contributed by atoms with Crippen molar-refractivity contribution >= 4 is 0 Å². The molecule has 0 saturated heterocycles. The lowest BCUT2D eigenvalue weighted by Crippen LogP contribution is -2.41. The molecule has 0 radical (unpaired) electrons. The highest BCUT2D eigenvalue weighted by atomic mass is 19.1. The Kier molecular flexibility index (Phi) is 4.00. The number of nitriles is 1. The number of hydrogen-bond acceptors (Lipinski definition) is 4. The molecule has 0 amide bonds. The molecule has 0 spiro atoms. The van der Waals surface area contributed by atoms with Gasteiger partial charge in [0.15, 0.2) is 0 Å². The van der Waals surface area contributed by atoms with E-state index in [1.54, 1.807) is 6.07 Å². The molecular formula is C14H12FN3O3. The average Bonchev–Trinajstić information content (AvgIpc) is 2.47. The summed E-state index contributed by atoms with van der Waals surface area (Å²) in [6.07, 6.45) is -0.0178. The largest absolute Gasteiger partial charge is 0.387 e. The number of aromatic nitrogens is 2. The first kappa shape index (κ1) is 14.7. The Balaban J connectivity index is 2.42. The fraction of sp³-hybridized carbons (Fsp3) is 0.214. The molecule has 0 aliphatic rings. The molecule has 0 fully saturated rings. The lowest BCUT2D eigenvalue weighted by Gasteiger charge is -2.13. The first-order chi connectivity index (χ1) is 9.93. The van der Waals surface area contributed by atoms with Gasteiger partial charge in [0.05, 0.1) is 12.6 Å². The third-order valence-electron chi connectivity index (χ3n) is 3.06. The van der Waals surface area contributed by atoms with Crippen LogP contribution >= 0.6 is 0 Å². The molecule has 1 atom stereocenters. The van der Waals surface area contributed by atoms with Gasteiger partial charge in [0.2, 0.25) is 0 Å². The zero-order valence-electron chi connectivity index (χ0n) is 11.2. The quantitative estimate of drug-likeness (QED) is 0.879. The third kappa shape index (κ3) is 2.90. The number of aliphatic hydroxyl groups excluding tert-OH is 1. The molecule has 2 aromatic rings. The Labute approximate surface area is 118 Å². The maximum Gasteiger partial charge on any atom is 0.330 e. The van der Waals surface area contributed by atoms with Crippen molar-refractivity contribution in [2.75, 3.05) is 0 Å². The predicted octanol–water partition coefficient (Wildman–Crippen LogP) is 0.291. The lowest BCUT2D eigenvalue weighted by molar-refractivity contribution is 0.152. The van der Waals surface area contributed by atoms with E-state index in [9.17, 15) is 19.1 Å². The van der Waals surface area contributed by atoms with E-state index in [-0.39, 0.29) is 12.1 Å². The first-order valence-electron chi connectivity index (χ1n) is 6.08. The average molecular weight is 289 g/mol. The highest BCUT2D eigenvalue weighted by molar-refractivity contribution is 5.23. The summed E-state index contributed by atoms with van der Waals surface area (Å²) in [6, 6.07) is 6.77. The fourth-order valence-electron chi connectivity index (χ4n) is 1.93. The second-order valence-corrected chi connectivity index (χ2v) is 4.53. The fourth-order valence-corrected chi connectivity index (χ4v) is 1.93. The SMILES string of the molecule is Cn1cc(C#N)c(=O)n(CC(O)c2ccc(F)cc2)c1=O. The third-order valence-corrected chi connectivity index (χ3v) is 3.06. The maximum atomic E-state index is 12.8. The minimum atomic E-state index is -1.16. The summed E-state index contributed by atoms with van der Waals surface area (Å²) in [5, 5.41) is 18.9. The van der Waals surface area contributed by atoms with E-state index in [0.717, 1.165) is 15.3 Å². The van der Waals surface area contributed by atoms with Crippen molar-refractivity contribution in [1.82, 2.24) is 9.13 Å². The van der Waals surface area contributed by atoms with Gasteiger partial charge in [-0.15, -0.1) is 0 Å². The van der Waals surface area contributed by atoms with Gasteiger partial charge in [0.1, 0.15) is 17.4 Å². The van der Waals surface area contributed by atoms with Crippen molar-refractivity contribution < 1.29 is 9.50 Å². The summed E-state index contributed by atoms with van der Waals surface area (Å²) < 4.78 is 14.7. The smallest absolute Gasteiger partial charge is 0.330 e. The summed E-state index contributed by atoms with van der Waals surface area (Å²) in [6.45, 7) is -0.313. The van der Waals surface area contributed by atoms with Gasteiger partial charge in [-0.3, -0.25) is 9.36 Å². The van der Waals surface area contributed by atoms with Crippen molar-refractivity contribution in [2.45, 2.75) is 12.6 Å². The van der Waals surface area contributed by atoms with Gasteiger partial charge in [0.25, 0.3) is 5.56 Å². The Morgan fingerprint density at radius 1 is 1.33 bits per heavy atom. The highest BCUT2D eigenvalue weighted by Gasteiger charge is 2.15. The molecule has 108 valence electrons. The van der Waals surface area contributed by atoms with Gasteiger partial charge in [-0.05, 0) is 17.7 Å². The van der Waals surface area contributed by atoms with Crippen LogP contribution in [-0.2, 0) is 13.6 Å². The molecule has 21 heavy (non-hydrogen) atoms. The van der Waals surface area contributed by atoms with Crippen LogP contribution in [0, 0.1) is 17.1 Å². The highest BCUT2D eigenvalue weighted by Crippen LogP contribution is 2.14. The minimum Gasteiger partial charge on any atom is -0.387 e. The van der Waals surface area contributed by atoms with E-state index in [0.29, 0.717) is 5.56 Å². The Bertz CT molecular complexity index is 815. The zero-order valence-corrected chi connectivity index (χ0v) is 11.2. The Morgan fingerprint density at radius 3 is 2.52 bits per heavy atom. The molecular weight excluding hydrogens is 277 g/mol. The molecule has 1 aromatic heterocycles. The lowest BCUT2D eigenvalue weighted by atomic mass is 10.1. The molecule has 7 heteroatoms. The number of rotatable bonds is 3. The standard InChI is InChI=1S/C14H12FN3O3/c1-17-7-10(6-16)13(20)18(14(17)21)8-12(19)9-2-4-11(15)5-3-9/h2-5,7,12,19H,8H2,1H3. The molecule has 6 nitrogen and oxygen atoms in total. The topological polar surface area (TPSA) is 88.0 Å². The van der Waals surface area contributed by atoms with Gasteiger partial charge in [-0.25, -0.2) is 9.18 Å². The van der Waals surface area contributed by atoms with Crippen LogP contribution in [0.15, 0.2) is 40.1 Å². The number of halogens is 1. The van der Waals surface area contributed by atoms with Gasteiger partial charge < -0.3 is 9.67 Å².